The number of non-ortho nitro benzene ring substituents is 1. The summed E-state index contributed by atoms with van der Waals surface area (Å²) in [5.74, 6) is -0.114. The number of carbonyl (C=O) groups excluding carboxylic acids is 1. The fraction of sp³-hybridized carbons (Fsp3) is 0.462. The van der Waals surface area contributed by atoms with E-state index in [0.29, 0.717) is 18.7 Å². The number of amides is 1. The third kappa shape index (κ3) is 3.08. The molecule has 1 amide bonds. The number of carbonyl (C=O) groups is 1. The molecule has 19 heavy (non-hydrogen) atoms. The summed E-state index contributed by atoms with van der Waals surface area (Å²) in [5, 5.41) is 10.6. The number of hydrogen-bond acceptors (Lipinski definition) is 4. The Morgan fingerprint density at radius 3 is 2.26 bits per heavy atom. The Morgan fingerprint density at radius 1 is 1.26 bits per heavy atom. The lowest BCUT2D eigenvalue weighted by molar-refractivity contribution is -0.384. The highest BCUT2D eigenvalue weighted by molar-refractivity contribution is 5.94. The summed E-state index contributed by atoms with van der Waals surface area (Å²) in [6, 6.07) is 5.68. The third-order valence-corrected chi connectivity index (χ3v) is 3.03. The zero-order valence-corrected chi connectivity index (χ0v) is 10.9. The average Bonchev–Trinajstić information content (AvgIpc) is 2.37. The van der Waals surface area contributed by atoms with Gasteiger partial charge in [0.1, 0.15) is 0 Å². The number of nitro benzene ring substituents is 1. The minimum atomic E-state index is -0.479. The van der Waals surface area contributed by atoms with Crippen molar-refractivity contribution in [3.8, 4) is 0 Å². The fourth-order valence-electron chi connectivity index (χ4n) is 2.25. The van der Waals surface area contributed by atoms with Gasteiger partial charge >= 0.3 is 0 Å². The molecule has 1 aliphatic heterocycles. The van der Waals surface area contributed by atoms with Crippen LogP contribution in [0.25, 0.3) is 0 Å². The fourth-order valence-corrected chi connectivity index (χ4v) is 2.25. The molecule has 2 unspecified atom stereocenters. The van der Waals surface area contributed by atoms with E-state index in [0.717, 1.165) is 0 Å². The molecular formula is C13H16N2O4. The van der Waals surface area contributed by atoms with Gasteiger partial charge in [-0.2, -0.15) is 0 Å². The zero-order chi connectivity index (χ0) is 14.0. The van der Waals surface area contributed by atoms with Gasteiger partial charge in [0.05, 0.1) is 17.1 Å². The summed E-state index contributed by atoms with van der Waals surface area (Å²) in [6.07, 6.45) is 0.0106. The Hall–Kier alpha value is -1.95. The standard InChI is InChI=1S/C13H16N2O4/c1-9-7-14(8-10(2)19-9)13(16)11-3-5-12(6-4-11)15(17)18/h3-6,9-10H,7-8H2,1-2H3. The summed E-state index contributed by atoms with van der Waals surface area (Å²) < 4.78 is 5.57. The van der Waals surface area contributed by atoms with Gasteiger partial charge < -0.3 is 9.64 Å². The topological polar surface area (TPSA) is 72.7 Å². The first-order valence-electron chi connectivity index (χ1n) is 6.16. The van der Waals surface area contributed by atoms with E-state index >= 15 is 0 Å². The molecule has 1 fully saturated rings. The summed E-state index contributed by atoms with van der Waals surface area (Å²) >= 11 is 0. The summed E-state index contributed by atoms with van der Waals surface area (Å²) in [4.78, 5) is 24.1. The lowest BCUT2D eigenvalue weighted by Crippen LogP contribution is -2.48. The van der Waals surface area contributed by atoms with Crippen molar-refractivity contribution in [3.63, 3.8) is 0 Å². The molecule has 1 heterocycles. The van der Waals surface area contributed by atoms with Crippen LogP contribution in [0.2, 0.25) is 0 Å². The van der Waals surface area contributed by atoms with Gasteiger partial charge in [0.25, 0.3) is 11.6 Å². The van der Waals surface area contributed by atoms with Crippen molar-refractivity contribution >= 4 is 11.6 Å². The molecule has 1 aliphatic rings. The number of rotatable bonds is 2. The second-order valence-electron chi connectivity index (χ2n) is 4.77. The molecule has 0 aliphatic carbocycles. The SMILES string of the molecule is CC1CN(C(=O)c2ccc([N+](=O)[O-])cc2)CC(C)O1. The van der Waals surface area contributed by atoms with Crippen LogP contribution >= 0.6 is 0 Å². The van der Waals surface area contributed by atoms with Crippen molar-refractivity contribution in [1.29, 1.82) is 0 Å². The van der Waals surface area contributed by atoms with Crippen molar-refractivity contribution in [2.45, 2.75) is 26.1 Å². The van der Waals surface area contributed by atoms with Crippen LogP contribution in [0.3, 0.4) is 0 Å². The normalized spacial score (nSPS) is 23.2. The predicted octanol–water partition coefficient (Wildman–Crippen LogP) is 1.84. The van der Waals surface area contributed by atoms with Crippen molar-refractivity contribution in [3.05, 3.63) is 39.9 Å². The second kappa shape index (κ2) is 5.36. The number of benzene rings is 1. The maximum Gasteiger partial charge on any atom is 0.269 e. The van der Waals surface area contributed by atoms with Gasteiger partial charge in [-0.3, -0.25) is 14.9 Å². The zero-order valence-electron chi connectivity index (χ0n) is 10.9. The maximum absolute atomic E-state index is 12.3. The Kier molecular flexibility index (Phi) is 3.80. The molecule has 6 heteroatoms. The van der Waals surface area contributed by atoms with E-state index in [4.69, 9.17) is 4.74 Å². The molecule has 102 valence electrons. The van der Waals surface area contributed by atoms with Crippen LogP contribution in [0, 0.1) is 10.1 Å². The smallest absolute Gasteiger partial charge is 0.269 e. The molecule has 0 spiro atoms. The van der Waals surface area contributed by atoms with Crippen LogP contribution in [0.1, 0.15) is 24.2 Å². The van der Waals surface area contributed by atoms with Crippen LogP contribution in [0.5, 0.6) is 0 Å². The third-order valence-electron chi connectivity index (χ3n) is 3.03. The first-order valence-corrected chi connectivity index (χ1v) is 6.16. The minimum absolute atomic E-state index is 0.00532. The molecule has 0 bridgehead atoms. The molecule has 1 aromatic rings. The molecule has 0 radical (unpaired) electrons. The van der Waals surface area contributed by atoms with Gasteiger partial charge in [-0.15, -0.1) is 0 Å². The molecule has 0 N–H and O–H groups in total. The van der Waals surface area contributed by atoms with Gasteiger partial charge in [-0.25, -0.2) is 0 Å². The van der Waals surface area contributed by atoms with E-state index in [-0.39, 0.29) is 23.8 Å². The van der Waals surface area contributed by atoms with E-state index in [1.807, 2.05) is 13.8 Å². The summed E-state index contributed by atoms with van der Waals surface area (Å²) in [7, 11) is 0. The van der Waals surface area contributed by atoms with Gasteiger partial charge in [0.2, 0.25) is 0 Å². The van der Waals surface area contributed by atoms with Crippen LogP contribution in [-0.2, 0) is 4.74 Å². The molecule has 0 saturated carbocycles. The molecular weight excluding hydrogens is 248 g/mol. The molecule has 0 aromatic heterocycles. The quantitative estimate of drug-likeness (QED) is 0.603. The maximum atomic E-state index is 12.3. The van der Waals surface area contributed by atoms with Crippen molar-refractivity contribution in [1.82, 2.24) is 4.90 Å². The lowest BCUT2D eigenvalue weighted by Gasteiger charge is -2.35. The highest BCUT2D eigenvalue weighted by Gasteiger charge is 2.26. The average molecular weight is 264 g/mol. The van der Waals surface area contributed by atoms with Gasteiger partial charge in [0.15, 0.2) is 0 Å². The highest BCUT2D eigenvalue weighted by Crippen LogP contribution is 2.17. The number of nitro groups is 1. The van der Waals surface area contributed by atoms with Crippen LogP contribution in [0.15, 0.2) is 24.3 Å². The van der Waals surface area contributed by atoms with E-state index in [1.165, 1.54) is 24.3 Å². The first kappa shape index (κ1) is 13.5. The van der Waals surface area contributed by atoms with Crippen LogP contribution in [-0.4, -0.2) is 41.0 Å². The van der Waals surface area contributed by atoms with Crippen molar-refractivity contribution in [2.75, 3.05) is 13.1 Å². The summed E-state index contributed by atoms with van der Waals surface area (Å²) in [6.45, 7) is 4.93. The lowest BCUT2D eigenvalue weighted by atomic mass is 10.1. The number of hydrogen-bond donors (Lipinski definition) is 0. The van der Waals surface area contributed by atoms with Gasteiger partial charge in [-0.05, 0) is 26.0 Å². The molecule has 1 aromatic carbocycles. The van der Waals surface area contributed by atoms with Gasteiger partial charge in [0, 0.05) is 30.8 Å². The monoisotopic (exact) mass is 264 g/mol. The van der Waals surface area contributed by atoms with E-state index in [2.05, 4.69) is 0 Å². The molecule has 6 nitrogen and oxygen atoms in total. The summed E-state index contributed by atoms with van der Waals surface area (Å²) in [5.41, 5.74) is 0.451. The Labute approximate surface area is 111 Å². The largest absolute Gasteiger partial charge is 0.372 e. The van der Waals surface area contributed by atoms with Crippen LogP contribution < -0.4 is 0 Å². The minimum Gasteiger partial charge on any atom is -0.372 e. The van der Waals surface area contributed by atoms with Gasteiger partial charge in [-0.1, -0.05) is 0 Å². The molecule has 1 saturated heterocycles. The molecule has 2 rings (SSSR count). The number of ether oxygens (including phenoxy) is 1. The molecule has 2 atom stereocenters. The first-order chi connectivity index (χ1) is 8.97. The number of nitrogens with zero attached hydrogens (tertiary/aromatic N) is 2. The second-order valence-corrected chi connectivity index (χ2v) is 4.77. The Bertz CT molecular complexity index is 476. The van der Waals surface area contributed by atoms with E-state index < -0.39 is 4.92 Å². The van der Waals surface area contributed by atoms with E-state index in [9.17, 15) is 14.9 Å². The van der Waals surface area contributed by atoms with Crippen molar-refractivity contribution in [2.24, 2.45) is 0 Å². The van der Waals surface area contributed by atoms with E-state index in [1.54, 1.807) is 4.90 Å². The Morgan fingerprint density at radius 2 is 1.79 bits per heavy atom. The predicted molar refractivity (Wildman–Crippen MR) is 69.0 cm³/mol. The highest BCUT2D eigenvalue weighted by atomic mass is 16.6. The Balaban J connectivity index is 2.12. The van der Waals surface area contributed by atoms with Crippen LogP contribution in [0.4, 0.5) is 5.69 Å². The number of morpholine rings is 1. The van der Waals surface area contributed by atoms with Crippen molar-refractivity contribution < 1.29 is 14.5 Å².